The molecule has 144 valence electrons. The van der Waals surface area contributed by atoms with Crippen LogP contribution in [0.5, 0.6) is 11.5 Å². The monoisotopic (exact) mass is 392 g/mol. The van der Waals surface area contributed by atoms with Crippen molar-refractivity contribution >= 4 is 29.1 Å². The van der Waals surface area contributed by atoms with Crippen LogP contribution in [0, 0.1) is 5.92 Å². The lowest BCUT2D eigenvalue weighted by atomic mass is 9.96. The summed E-state index contributed by atoms with van der Waals surface area (Å²) in [6.07, 6.45) is 2.89. The van der Waals surface area contributed by atoms with Crippen molar-refractivity contribution in [2.45, 2.75) is 12.8 Å². The minimum absolute atomic E-state index is 0.188. The highest BCUT2D eigenvalue weighted by Gasteiger charge is 2.30. The fraction of sp³-hybridized carbons (Fsp3) is 0.368. The van der Waals surface area contributed by atoms with Crippen molar-refractivity contribution in [1.29, 1.82) is 0 Å². The van der Waals surface area contributed by atoms with Gasteiger partial charge in [0, 0.05) is 19.2 Å². The van der Waals surface area contributed by atoms with Crippen LogP contribution in [-0.4, -0.2) is 44.0 Å². The van der Waals surface area contributed by atoms with E-state index in [1.165, 1.54) is 20.5 Å². The maximum absolute atomic E-state index is 12.8. The van der Waals surface area contributed by atoms with Crippen LogP contribution in [0.4, 0.5) is 5.69 Å². The number of anilines is 1. The summed E-state index contributed by atoms with van der Waals surface area (Å²) in [5.74, 6) is 0.459. The second-order valence-corrected chi connectivity index (χ2v) is 6.65. The summed E-state index contributed by atoms with van der Waals surface area (Å²) in [7, 11) is 3.01. The van der Waals surface area contributed by atoms with Gasteiger partial charge in [0.25, 0.3) is 5.91 Å². The first-order chi connectivity index (χ1) is 13.0. The maximum atomic E-state index is 12.8. The third kappa shape index (κ3) is 4.19. The number of benzene rings is 1. The third-order valence-electron chi connectivity index (χ3n) is 4.54. The number of likely N-dealkylation sites (tertiary alicyclic amines) is 1. The largest absolute Gasteiger partial charge is 0.495 e. The Labute approximate surface area is 162 Å². The molecule has 1 fully saturated rings. The zero-order chi connectivity index (χ0) is 19.4. The average Bonchev–Trinajstić information content (AvgIpc) is 3.22. The van der Waals surface area contributed by atoms with E-state index in [9.17, 15) is 9.59 Å². The minimum Gasteiger partial charge on any atom is -0.495 e. The number of piperidine rings is 1. The first-order valence-electron chi connectivity index (χ1n) is 8.58. The molecular weight excluding hydrogens is 372 g/mol. The molecule has 7 nitrogen and oxygen atoms in total. The molecular formula is C19H21ClN2O5. The number of nitrogens with one attached hydrogen (secondary N) is 1. The number of carbonyl (C=O) groups excluding carboxylic acids is 2. The van der Waals surface area contributed by atoms with Crippen LogP contribution in [0.1, 0.15) is 23.4 Å². The standard InChI is InChI=1S/C19H21ClN2O5/c1-25-16-10-17(26-2)14(9-13(16)20)21-18(23)12-5-3-7-22(11-12)19(24)15-6-4-8-27-15/h4,6,8-10,12H,3,5,7,11H2,1-2H3,(H,21,23). The van der Waals surface area contributed by atoms with E-state index in [0.29, 0.717) is 41.7 Å². The predicted octanol–water partition coefficient (Wildman–Crippen LogP) is 3.44. The first kappa shape index (κ1) is 19.1. The molecule has 0 saturated carbocycles. The number of furan rings is 1. The molecule has 0 radical (unpaired) electrons. The van der Waals surface area contributed by atoms with E-state index in [1.807, 2.05) is 0 Å². The van der Waals surface area contributed by atoms with Crippen LogP contribution >= 0.6 is 11.6 Å². The van der Waals surface area contributed by atoms with Gasteiger partial charge < -0.3 is 24.1 Å². The van der Waals surface area contributed by atoms with Gasteiger partial charge in [0.15, 0.2) is 5.76 Å². The van der Waals surface area contributed by atoms with Crippen molar-refractivity contribution in [1.82, 2.24) is 4.90 Å². The summed E-state index contributed by atoms with van der Waals surface area (Å²) in [4.78, 5) is 26.8. The Balaban J connectivity index is 1.71. The zero-order valence-electron chi connectivity index (χ0n) is 15.2. The Kier molecular flexibility index (Phi) is 5.91. The number of halogens is 1. The van der Waals surface area contributed by atoms with Gasteiger partial charge in [-0.15, -0.1) is 0 Å². The van der Waals surface area contributed by atoms with Crippen LogP contribution < -0.4 is 14.8 Å². The number of amides is 2. The molecule has 2 heterocycles. The summed E-state index contributed by atoms with van der Waals surface area (Å²) in [5.41, 5.74) is 0.461. The lowest BCUT2D eigenvalue weighted by molar-refractivity contribution is -0.121. The fourth-order valence-electron chi connectivity index (χ4n) is 3.12. The van der Waals surface area contributed by atoms with Crippen LogP contribution in [-0.2, 0) is 4.79 Å². The van der Waals surface area contributed by atoms with E-state index in [-0.39, 0.29) is 23.5 Å². The van der Waals surface area contributed by atoms with Crippen molar-refractivity contribution in [3.05, 3.63) is 41.3 Å². The molecule has 1 aliphatic rings. The molecule has 0 aliphatic carbocycles. The van der Waals surface area contributed by atoms with Crippen LogP contribution in [0.25, 0.3) is 0 Å². The summed E-state index contributed by atoms with van der Waals surface area (Å²) < 4.78 is 15.6. The Morgan fingerprint density at radius 1 is 1.26 bits per heavy atom. The number of carbonyl (C=O) groups is 2. The zero-order valence-corrected chi connectivity index (χ0v) is 15.9. The van der Waals surface area contributed by atoms with Gasteiger partial charge in [0.1, 0.15) is 11.5 Å². The SMILES string of the molecule is COc1cc(OC)c(NC(=O)C2CCCN(C(=O)c3ccco3)C2)cc1Cl. The molecule has 2 aromatic rings. The number of rotatable bonds is 5. The second kappa shape index (κ2) is 8.35. The number of methoxy groups -OCH3 is 2. The van der Waals surface area contributed by atoms with Gasteiger partial charge in [-0.25, -0.2) is 0 Å². The van der Waals surface area contributed by atoms with Crippen molar-refractivity contribution in [2.24, 2.45) is 5.92 Å². The van der Waals surface area contributed by atoms with Gasteiger partial charge in [0.2, 0.25) is 5.91 Å². The third-order valence-corrected chi connectivity index (χ3v) is 4.84. The summed E-state index contributed by atoms with van der Waals surface area (Å²) in [6.45, 7) is 0.929. The molecule has 3 rings (SSSR count). The number of ether oxygens (including phenoxy) is 2. The maximum Gasteiger partial charge on any atom is 0.289 e. The molecule has 0 bridgehead atoms. The number of nitrogens with zero attached hydrogens (tertiary/aromatic N) is 1. The van der Waals surface area contributed by atoms with Gasteiger partial charge in [-0.2, -0.15) is 0 Å². The average molecular weight is 393 g/mol. The van der Waals surface area contributed by atoms with E-state index >= 15 is 0 Å². The highest BCUT2D eigenvalue weighted by molar-refractivity contribution is 6.32. The molecule has 1 aromatic heterocycles. The van der Waals surface area contributed by atoms with E-state index in [0.717, 1.165) is 6.42 Å². The van der Waals surface area contributed by atoms with Crippen LogP contribution in [0.3, 0.4) is 0 Å². The number of hydrogen-bond donors (Lipinski definition) is 1. The van der Waals surface area contributed by atoms with Gasteiger partial charge >= 0.3 is 0 Å². The topological polar surface area (TPSA) is 81.0 Å². The summed E-state index contributed by atoms with van der Waals surface area (Å²) in [6, 6.07) is 6.49. The highest BCUT2D eigenvalue weighted by atomic mass is 35.5. The van der Waals surface area contributed by atoms with Crippen molar-refractivity contribution in [2.75, 3.05) is 32.6 Å². The normalized spacial score (nSPS) is 16.7. The second-order valence-electron chi connectivity index (χ2n) is 6.24. The lowest BCUT2D eigenvalue weighted by Gasteiger charge is -2.31. The molecule has 2 amide bonds. The van der Waals surface area contributed by atoms with Crippen molar-refractivity contribution in [3.8, 4) is 11.5 Å². The Hall–Kier alpha value is -2.67. The van der Waals surface area contributed by atoms with E-state index in [2.05, 4.69) is 5.32 Å². The highest BCUT2D eigenvalue weighted by Crippen LogP contribution is 2.36. The Morgan fingerprint density at radius 3 is 2.70 bits per heavy atom. The van der Waals surface area contributed by atoms with Crippen molar-refractivity contribution < 1.29 is 23.5 Å². The Bertz CT molecular complexity index is 822. The smallest absolute Gasteiger partial charge is 0.289 e. The molecule has 1 aliphatic heterocycles. The molecule has 0 spiro atoms. The summed E-state index contributed by atoms with van der Waals surface area (Å²) in [5, 5.41) is 3.22. The minimum atomic E-state index is -0.330. The Morgan fingerprint density at radius 2 is 2.04 bits per heavy atom. The van der Waals surface area contributed by atoms with E-state index < -0.39 is 0 Å². The molecule has 8 heteroatoms. The van der Waals surface area contributed by atoms with Gasteiger partial charge in [-0.3, -0.25) is 9.59 Å². The van der Waals surface area contributed by atoms with Crippen molar-refractivity contribution in [3.63, 3.8) is 0 Å². The van der Waals surface area contributed by atoms with Crippen LogP contribution in [0.2, 0.25) is 5.02 Å². The van der Waals surface area contributed by atoms with Gasteiger partial charge in [0.05, 0.1) is 37.1 Å². The first-order valence-corrected chi connectivity index (χ1v) is 8.96. The van der Waals surface area contributed by atoms with Gasteiger partial charge in [-0.1, -0.05) is 11.6 Å². The molecule has 1 N–H and O–H groups in total. The molecule has 1 unspecified atom stereocenters. The summed E-state index contributed by atoms with van der Waals surface area (Å²) >= 11 is 6.15. The quantitative estimate of drug-likeness (QED) is 0.842. The van der Waals surface area contributed by atoms with E-state index in [4.69, 9.17) is 25.5 Å². The molecule has 1 saturated heterocycles. The molecule has 27 heavy (non-hydrogen) atoms. The van der Waals surface area contributed by atoms with Crippen LogP contribution in [0.15, 0.2) is 34.9 Å². The predicted molar refractivity (Wildman–Crippen MR) is 101 cm³/mol. The van der Waals surface area contributed by atoms with Gasteiger partial charge in [-0.05, 0) is 31.0 Å². The van der Waals surface area contributed by atoms with E-state index in [1.54, 1.807) is 29.2 Å². The number of hydrogen-bond acceptors (Lipinski definition) is 5. The lowest BCUT2D eigenvalue weighted by Crippen LogP contribution is -2.43. The molecule has 1 aromatic carbocycles. The molecule has 1 atom stereocenters. The fourth-order valence-corrected chi connectivity index (χ4v) is 3.37.